The van der Waals surface area contributed by atoms with Gasteiger partial charge in [0, 0.05) is 32.7 Å². The molecule has 3 aromatic rings. The Labute approximate surface area is 157 Å². The monoisotopic (exact) mass is 370 g/mol. The maximum Gasteiger partial charge on any atom is 0.150 e. The molecule has 136 valence electrons. The maximum atomic E-state index is 5.84. The molecule has 3 heterocycles. The molecule has 0 unspecified atom stereocenters. The highest BCUT2D eigenvalue weighted by molar-refractivity contribution is 7.17. The van der Waals surface area contributed by atoms with E-state index in [1.54, 1.807) is 24.8 Å². The summed E-state index contributed by atoms with van der Waals surface area (Å²) in [4.78, 5) is 13.6. The Bertz CT molecular complexity index is 844. The lowest BCUT2D eigenvalue weighted by Gasteiger charge is -2.35. The Balaban J connectivity index is 1.26. The molecule has 0 saturated carbocycles. The Morgan fingerprint density at radius 1 is 1.00 bits per heavy atom. The molecule has 26 heavy (non-hydrogen) atoms. The molecular weight excluding hydrogens is 348 g/mol. The minimum absolute atomic E-state index is 0.689. The van der Waals surface area contributed by atoms with E-state index in [2.05, 4.69) is 31.2 Å². The first-order chi connectivity index (χ1) is 12.8. The number of hydrogen-bond donors (Lipinski definition) is 0. The van der Waals surface area contributed by atoms with E-state index in [-0.39, 0.29) is 0 Å². The van der Waals surface area contributed by atoms with Crippen LogP contribution in [0.25, 0.3) is 10.2 Å². The maximum absolute atomic E-state index is 5.84. The van der Waals surface area contributed by atoms with Crippen molar-refractivity contribution >= 4 is 27.4 Å². The molecule has 0 amide bonds. The van der Waals surface area contributed by atoms with Crippen molar-refractivity contribution in [3.05, 3.63) is 42.0 Å². The van der Waals surface area contributed by atoms with Crippen molar-refractivity contribution in [1.29, 1.82) is 0 Å². The van der Waals surface area contributed by atoms with Crippen LogP contribution in [0, 0.1) is 0 Å². The molecule has 0 aliphatic carbocycles. The molecule has 4 rings (SSSR count). The van der Waals surface area contributed by atoms with Crippen molar-refractivity contribution in [3.63, 3.8) is 0 Å². The molecule has 6 nitrogen and oxygen atoms in total. The third-order valence-corrected chi connectivity index (χ3v) is 5.53. The van der Waals surface area contributed by atoms with Crippen LogP contribution in [0.2, 0.25) is 0 Å². The van der Waals surface area contributed by atoms with E-state index in [9.17, 15) is 0 Å². The molecular formula is C19H22N4O2S. The number of nitrogens with zero attached hydrogens (tertiary/aromatic N) is 4. The molecule has 1 aromatic carbocycles. The van der Waals surface area contributed by atoms with Crippen molar-refractivity contribution in [3.8, 4) is 11.5 Å². The molecule has 1 aliphatic heterocycles. The van der Waals surface area contributed by atoms with Gasteiger partial charge in [-0.1, -0.05) is 0 Å². The molecule has 0 atom stereocenters. The Morgan fingerprint density at radius 3 is 2.54 bits per heavy atom. The Morgan fingerprint density at radius 2 is 1.77 bits per heavy atom. The zero-order valence-electron chi connectivity index (χ0n) is 14.8. The van der Waals surface area contributed by atoms with Gasteiger partial charge in [-0.05, 0) is 35.7 Å². The van der Waals surface area contributed by atoms with Gasteiger partial charge in [0.25, 0.3) is 0 Å². The average molecular weight is 370 g/mol. The molecule has 0 bridgehead atoms. The first-order valence-electron chi connectivity index (χ1n) is 8.76. The predicted molar refractivity (Wildman–Crippen MR) is 105 cm³/mol. The number of benzene rings is 1. The minimum Gasteiger partial charge on any atom is -0.497 e. The van der Waals surface area contributed by atoms with Crippen molar-refractivity contribution in [2.75, 3.05) is 51.3 Å². The first kappa shape index (κ1) is 17.1. The molecule has 0 N–H and O–H groups in total. The average Bonchev–Trinajstić information content (AvgIpc) is 3.18. The van der Waals surface area contributed by atoms with Crippen LogP contribution in [-0.4, -0.2) is 61.3 Å². The molecule has 2 aromatic heterocycles. The van der Waals surface area contributed by atoms with Gasteiger partial charge in [-0.15, -0.1) is 11.3 Å². The number of anilines is 1. The number of fused-ring (bicyclic) bond motifs is 1. The summed E-state index contributed by atoms with van der Waals surface area (Å²) in [6.45, 7) is 5.61. The van der Waals surface area contributed by atoms with E-state index in [0.717, 1.165) is 55.6 Å². The number of thiophene rings is 1. The highest BCUT2D eigenvalue weighted by atomic mass is 32.1. The molecule has 0 spiro atoms. The quantitative estimate of drug-likeness (QED) is 0.665. The lowest BCUT2D eigenvalue weighted by atomic mass is 10.3. The SMILES string of the molecule is COc1ccc(OCCN2CCN(c3ncnc4ccsc34)CC2)cc1. The summed E-state index contributed by atoms with van der Waals surface area (Å²) < 4.78 is 12.2. The molecule has 1 fully saturated rings. The van der Waals surface area contributed by atoms with Crippen LogP contribution in [0.4, 0.5) is 5.82 Å². The molecule has 1 saturated heterocycles. The van der Waals surface area contributed by atoms with Crippen LogP contribution < -0.4 is 14.4 Å². The second-order valence-corrected chi connectivity index (χ2v) is 7.10. The number of methoxy groups -OCH3 is 1. The van der Waals surface area contributed by atoms with Crippen LogP contribution in [0.3, 0.4) is 0 Å². The summed E-state index contributed by atoms with van der Waals surface area (Å²) in [5.41, 5.74) is 1.04. The van der Waals surface area contributed by atoms with E-state index in [1.807, 2.05) is 24.3 Å². The third kappa shape index (κ3) is 3.73. The Kier molecular flexibility index (Phi) is 5.17. The van der Waals surface area contributed by atoms with Gasteiger partial charge in [0.2, 0.25) is 0 Å². The van der Waals surface area contributed by atoms with E-state index in [4.69, 9.17) is 9.47 Å². The van der Waals surface area contributed by atoms with Gasteiger partial charge in [-0.2, -0.15) is 0 Å². The number of rotatable bonds is 6. The van der Waals surface area contributed by atoms with Gasteiger partial charge in [0.1, 0.15) is 30.3 Å². The fraction of sp³-hybridized carbons (Fsp3) is 0.368. The lowest BCUT2D eigenvalue weighted by molar-refractivity contribution is 0.200. The van der Waals surface area contributed by atoms with Crippen LogP contribution in [0.1, 0.15) is 0 Å². The topological polar surface area (TPSA) is 50.7 Å². The van der Waals surface area contributed by atoms with Gasteiger partial charge in [0.05, 0.1) is 17.3 Å². The van der Waals surface area contributed by atoms with Crippen LogP contribution in [-0.2, 0) is 0 Å². The second kappa shape index (κ2) is 7.88. The lowest BCUT2D eigenvalue weighted by Crippen LogP contribution is -2.47. The first-order valence-corrected chi connectivity index (χ1v) is 9.64. The van der Waals surface area contributed by atoms with Crippen molar-refractivity contribution < 1.29 is 9.47 Å². The minimum atomic E-state index is 0.689. The zero-order chi connectivity index (χ0) is 17.8. The molecule has 7 heteroatoms. The number of aromatic nitrogens is 2. The largest absolute Gasteiger partial charge is 0.497 e. The normalized spacial score (nSPS) is 15.3. The highest BCUT2D eigenvalue weighted by Gasteiger charge is 2.20. The summed E-state index contributed by atoms with van der Waals surface area (Å²) in [5, 5.41) is 2.08. The number of piperazine rings is 1. The highest BCUT2D eigenvalue weighted by Crippen LogP contribution is 2.28. The number of ether oxygens (including phenoxy) is 2. The van der Waals surface area contributed by atoms with E-state index in [1.165, 1.54) is 4.70 Å². The fourth-order valence-corrected chi connectivity index (χ4v) is 4.01. The van der Waals surface area contributed by atoms with Gasteiger partial charge in [-0.25, -0.2) is 9.97 Å². The van der Waals surface area contributed by atoms with Crippen LogP contribution >= 0.6 is 11.3 Å². The molecule has 0 radical (unpaired) electrons. The summed E-state index contributed by atoms with van der Waals surface area (Å²) in [7, 11) is 1.67. The number of hydrogen-bond acceptors (Lipinski definition) is 7. The van der Waals surface area contributed by atoms with Crippen molar-refractivity contribution in [1.82, 2.24) is 14.9 Å². The van der Waals surface area contributed by atoms with Crippen molar-refractivity contribution in [2.24, 2.45) is 0 Å². The van der Waals surface area contributed by atoms with E-state index >= 15 is 0 Å². The van der Waals surface area contributed by atoms with Crippen molar-refractivity contribution in [2.45, 2.75) is 0 Å². The predicted octanol–water partition coefficient (Wildman–Crippen LogP) is 2.90. The van der Waals surface area contributed by atoms with Crippen LogP contribution in [0.15, 0.2) is 42.0 Å². The van der Waals surface area contributed by atoms with E-state index < -0.39 is 0 Å². The smallest absolute Gasteiger partial charge is 0.150 e. The summed E-state index contributed by atoms with van der Waals surface area (Å²) in [6.07, 6.45) is 1.67. The zero-order valence-corrected chi connectivity index (χ0v) is 15.6. The standard InChI is InChI=1S/C19H22N4O2S/c1-24-15-2-4-16(5-3-15)25-12-11-22-7-9-23(10-8-22)19-18-17(6-13-26-18)20-14-21-19/h2-6,13-14H,7-12H2,1H3. The van der Waals surface area contributed by atoms with E-state index in [0.29, 0.717) is 6.61 Å². The molecule has 1 aliphatic rings. The second-order valence-electron chi connectivity index (χ2n) is 6.18. The fourth-order valence-electron chi connectivity index (χ4n) is 3.15. The Hall–Kier alpha value is -2.38. The van der Waals surface area contributed by atoms with Gasteiger partial charge in [-0.3, -0.25) is 4.90 Å². The van der Waals surface area contributed by atoms with Gasteiger partial charge in [0.15, 0.2) is 0 Å². The summed E-state index contributed by atoms with van der Waals surface area (Å²) >= 11 is 1.71. The van der Waals surface area contributed by atoms with Crippen LogP contribution in [0.5, 0.6) is 11.5 Å². The summed E-state index contributed by atoms with van der Waals surface area (Å²) in [5.74, 6) is 2.79. The van der Waals surface area contributed by atoms with Gasteiger partial charge < -0.3 is 14.4 Å². The third-order valence-electron chi connectivity index (χ3n) is 4.63. The van der Waals surface area contributed by atoms with Gasteiger partial charge >= 0.3 is 0 Å². The summed E-state index contributed by atoms with van der Waals surface area (Å²) in [6, 6.07) is 9.77.